The van der Waals surface area contributed by atoms with E-state index in [4.69, 9.17) is 4.74 Å². The van der Waals surface area contributed by atoms with Crippen molar-refractivity contribution >= 4 is 16.8 Å². The lowest BCUT2D eigenvalue weighted by molar-refractivity contribution is 0.293. The molecule has 80 valence electrons. The molecule has 0 spiro atoms. The molecule has 16 heavy (non-hydrogen) atoms. The number of hydrogen-bond acceptors (Lipinski definition) is 1. The Hall–Kier alpha value is -2.02. The summed E-state index contributed by atoms with van der Waals surface area (Å²) in [6.07, 6.45) is 5.42. The Labute approximate surface area is 95.7 Å². The Morgan fingerprint density at radius 3 is 2.75 bits per heavy atom. The van der Waals surface area contributed by atoms with Gasteiger partial charge in [-0.05, 0) is 22.4 Å². The molecular formula is C15H14O. The zero-order chi connectivity index (χ0) is 11.2. The van der Waals surface area contributed by atoms with Crippen LogP contribution in [0.3, 0.4) is 0 Å². The lowest BCUT2D eigenvalue weighted by Gasteiger charge is -2.01. The molecule has 0 amide bonds. The van der Waals surface area contributed by atoms with E-state index < -0.39 is 0 Å². The smallest absolute Gasteiger partial charge is 0.105 e. The first-order chi connectivity index (χ1) is 7.92. The van der Waals surface area contributed by atoms with Gasteiger partial charge in [0.1, 0.15) is 6.61 Å². The highest BCUT2D eigenvalue weighted by molar-refractivity contribution is 5.90. The van der Waals surface area contributed by atoms with Gasteiger partial charge in [-0.15, -0.1) is 0 Å². The Balaban J connectivity index is 2.30. The zero-order valence-corrected chi connectivity index (χ0v) is 9.10. The van der Waals surface area contributed by atoms with E-state index in [0.29, 0.717) is 6.61 Å². The van der Waals surface area contributed by atoms with Gasteiger partial charge in [0.2, 0.25) is 0 Å². The van der Waals surface area contributed by atoms with Gasteiger partial charge in [-0.2, -0.15) is 0 Å². The molecular weight excluding hydrogens is 196 g/mol. The number of rotatable bonds is 4. The lowest BCUT2D eigenvalue weighted by atomic mass is 10.1. The van der Waals surface area contributed by atoms with Crippen molar-refractivity contribution in [2.24, 2.45) is 0 Å². The summed E-state index contributed by atoms with van der Waals surface area (Å²) < 4.78 is 5.24. The fraction of sp³-hybridized carbons (Fsp3) is 0.0667. The quantitative estimate of drug-likeness (QED) is 0.421. The Morgan fingerprint density at radius 2 is 1.88 bits per heavy atom. The average Bonchev–Trinajstić information content (AvgIpc) is 2.35. The predicted molar refractivity (Wildman–Crippen MR) is 69.1 cm³/mol. The van der Waals surface area contributed by atoms with Gasteiger partial charge in [-0.1, -0.05) is 55.1 Å². The summed E-state index contributed by atoms with van der Waals surface area (Å²) in [5.74, 6) is 0. The minimum atomic E-state index is 0.543. The molecule has 0 aliphatic carbocycles. The lowest BCUT2D eigenvalue weighted by Crippen LogP contribution is -1.80. The van der Waals surface area contributed by atoms with Gasteiger partial charge in [-0.25, -0.2) is 0 Å². The van der Waals surface area contributed by atoms with Crippen LogP contribution in [0.5, 0.6) is 0 Å². The van der Waals surface area contributed by atoms with Crippen molar-refractivity contribution in [3.05, 3.63) is 66.9 Å². The SMILES string of the molecule is C=CCOC=Cc1cccc2ccccc12. The fourth-order valence-electron chi connectivity index (χ4n) is 1.64. The number of hydrogen-bond donors (Lipinski definition) is 0. The third-order valence-electron chi connectivity index (χ3n) is 2.38. The molecule has 0 aliphatic heterocycles. The van der Waals surface area contributed by atoms with E-state index in [-0.39, 0.29) is 0 Å². The van der Waals surface area contributed by atoms with Crippen molar-refractivity contribution in [3.8, 4) is 0 Å². The van der Waals surface area contributed by atoms with Crippen molar-refractivity contribution in [1.29, 1.82) is 0 Å². The van der Waals surface area contributed by atoms with Gasteiger partial charge in [0, 0.05) is 0 Å². The first kappa shape index (κ1) is 10.5. The van der Waals surface area contributed by atoms with Gasteiger partial charge in [0.15, 0.2) is 0 Å². The molecule has 2 aromatic carbocycles. The minimum absolute atomic E-state index is 0.543. The zero-order valence-electron chi connectivity index (χ0n) is 9.10. The highest BCUT2D eigenvalue weighted by Crippen LogP contribution is 2.19. The summed E-state index contributed by atoms with van der Waals surface area (Å²) in [5.41, 5.74) is 1.17. The van der Waals surface area contributed by atoms with E-state index in [1.165, 1.54) is 16.3 Å². The topological polar surface area (TPSA) is 9.23 Å². The molecule has 2 aromatic rings. The van der Waals surface area contributed by atoms with Crippen LogP contribution in [-0.4, -0.2) is 6.61 Å². The standard InChI is InChI=1S/C15H14O/c1-2-11-16-12-10-14-8-5-7-13-6-3-4-9-15(13)14/h2-10,12H,1,11H2. The van der Waals surface area contributed by atoms with Gasteiger partial charge >= 0.3 is 0 Å². The van der Waals surface area contributed by atoms with E-state index in [1.54, 1.807) is 12.3 Å². The largest absolute Gasteiger partial charge is 0.497 e. The third kappa shape index (κ3) is 2.31. The van der Waals surface area contributed by atoms with Crippen molar-refractivity contribution in [2.75, 3.05) is 6.61 Å². The summed E-state index contributed by atoms with van der Waals surface area (Å²) >= 11 is 0. The average molecular weight is 210 g/mol. The van der Waals surface area contributed by atoms with Crippen molar-refractivity contribution in [1.82, 2.24) is 0 Å². The third-order valence-corrected chi connectivity index (χ3v) is 2.38. The molecule has 0 bridgehead atoms. The summed E-state index contributed by atoms with van der Waals surface area (Å²) in [4.78, 5) is 0. The maximum Gasteiger partial charge on any atom is 0.105 e. The van der Waals surface area contributed by atoms with Crippen LogP contribution in [0.2, 0.25) is 0 Å². The summed E-state index contributed by atoms with van der Waals surface area (Å²) in [7, 11) is 0. The van der Waals surface area contributed by atoms with Crippen LogP contribution in [0, 0.1) is 0 Å². The van der Waals surface area contributed by atoms with Crippen molar-refractivity contribution in [2.45, 2.75) is 0 Å². The van der Waals surface area contributed by atoms with E-state index in [2.05, 4.69) is 36.9 Å². The van der Waals surface area contributed by atoms with E-state index in [9.17, 15) is 0 Å². The number of fused-ring (bicyclic) bond motifs is 1. The molecule has 0 N–H and O–H groups in total. The Bertz CT molecular complexity index is 506. The Kier molecular flexibility index (Phi) is 3.39. The molecule has 0 saturated carbocycles. The molecule has 1 heteroatoms. The number of benzene rings is 2. The van der Waals surface area contributed by atoms with Crippen molar-refractivity contribution < 1.29 is 4.74 Å². The number of ether oxygens (including phenoxy) is 1. The second-order valence-corrected chi connectivity index (χ2v) is 3.49. The monoisotopic (exact) mass is 210 g/mol. The van der Waals surface area contributed by atoms with Crippen molar-refractivity contribution in [3.63, 3.8) is 0 Å². The van der Waals surface area contributed by atoms with Crippen LogP contribution in [0.1, 0.15) is 5.56 Å². The molecule has 0 aromatic heterocycles. The molecule has 1 nitrogen and oxygen atoms in total. The molecule has 0 radical (unpaired) electrons. The van der Waals surface area contributed by atoms with Gasteiger partial charge in [0.05, 0.1) is 6.26 Å². The van der Waals surface area contributed by atoms with Crippen LogP contribution >= 0.6 is 0 Å². The first-order valence-electron chi connectivity index (χ1n) is 5.28. The van der Waals surface area contributed by atoms with E-state index in [1.807, 2.05) is 18.2 Å². The Morgan fingerprint density at radius 1 is 1.06 bits per heavy atom. The maximum atomic E-state index is 5.24. The normalized spacial score (nSPS) is 10.8. The van der Waals surface area contributed by atoms with E-state index in [0.717, 1.165) is 0 Å². The molecule has 0 unspecified atom stereocenters. The van der Waals surface area contributed by atoms with Crippen LogP contribution < -0.4 is 0 Å². The van der Waals surface area contributed by atoms with Crippen LogP contribution in [0.25, 0.3) is 16.8 Å². The summed E-state index contributed by atoms with van der Waals surface area (Å²) in [6.45, 7) is 4.14. The van der Waals surface area contributed by atoms with Gasteiger partial charge in [0.25, 0.3) is 0 Å². The molecule has 0 aliphatic rings. The highest BCUT2D eigenvalue weighted by atomic mass is 16.5. The van der Waals surface area contributed by atoms with Crippen LogP contribution in [0.4, 0.5) is 0 Å². The molecule has 0 saturated heterocycles. The highest BCUT2D eigenvalue weighted by Gasteiger charge is 1.95. The summed E-state index contributed by atoms with van der Waals surface area (Å²) in [6, 6.07) is 14.6. The molecule has 2 rings (SSSR count). The van der Waals surface area contributed by atoms with E-state index >= 15 is 0 Å². The van der Waals surface area contributed by atoms with Gasteiger partial charge < -0.3 is 4.74 Å². The second-order valence-electron chi connectivity index (χ2n) is 3.49. The summed E-state index contributed by atoms with van der Waals surface area (Å²) in [5, 5.41) is 2.48. The van der Waals surface area contributed by atoms with Gasteiger partial charge in [-0.3, -0.25) is 0 Å². The second kappa shape index (κ2) is 5.17. The van der Waals surface area contributed by atoms with Crippen LogP contribution in [0.15, 0.2) is 61.4 Å². The fourth-order valence-corrected chi connectivity index (χ4v) is 1.64. The molecule has 0 fully saturated rings. The molecule has 0 heterocycles. The molecule has 0 atom stereocenters. The predicted octanol–water partition coefficient (Wildman–Crippen LogP) is 4.01. The first-order valence-corrected chi connectivity index (χ1v) is 5.28. The maximum absolute atomic E-state index is 5.24. The minimum Gasteiger partial charge on any atom is -0.497 e. The van der Waals surface area contributed by atoms with Crippen LogP contribution in [-0.2, 0) is 4.74 Å².